The third-order valence-electron chi connectivity index (χ3n) is 4.17. The minimum Gasteiger partial charge on any atom is -0.493 e. The zero-order valence-electron chi connectivity index (χ0n) is 12.3. The maximum Gasteiger partial charge on any atom is 0.194 e. The molecular weight excluding hydrogens is 256 g/mol. The molecule has 1 aromatic carbocycles. The third-order valence-corrected chi connectivity index (χ3v) is 4.17. The highest BCUT2D eigenvalue weighted by molar-refractivity contribution is 6.02. The van der Waals surface area contributed by atoms with E-state index in [1.165, 1.54) is 7.11 Å². The fourth-order valence-electron chi connectivity index (χ4n) is 2.71. The van der Waals surface area contributed by atoms with Gasteiger partial charge in [-0.3, -0.25) is 4.79 Å². The molecular formula is C16H22O4. The van der Waals surface area contributed by atoms with Crippen molar-refractivity contribution in [3.63, 3.8) is 0 Å². The maximum atomic E-state index is 12.5. The smallest absolute Gasteiger partial charge is 0.194 e. The van der Waals surface area contributed by atoms with E-state index in [0.717, 1.165) is 12.8 Å². The van der Waals surface area contributed by atoms with Gasteiger partial charge in [0, 0.05) is 5.56 Å². The Kier molecular flexibility index (Phi) is 4.33. The van der Waals surface area contributed by atoms with Crippen molar-refractivity contribution in [2.75, 3.05) is 14.2 Å². The topological polar surface area (TPSA) is 55.8 Å². The zero-order chi connectivity index (χ0) is 14.8. The molecule has 0 saturated heterocycles. The summed E-state index contributed by atoms with van der Waals surface area (Å²) >= 11 is 0. The molecule has 110 valence electrons. The number of ether oxygens (including phenoxy) is 2. The number of Topliss-reactive ketones (excluding diaryl/α,β-unsaturated/α-hetero) is 1. The summed E-state index contributed by atoms with van der Waals surface area (Å²) in [5.41, 5.74) is -0.758. The molecule has 1 aliphatic carbocycles. The molecule has 1 N–H and O–H groups in total. The maximum absolute atomic E-state index is 12.5. The number of rotatable bonds is 4. The predicted molar refractivity (Wildman–Crippen MR) is 76.5 cm³/mol. The van der Waals surface area contributed by atoms with Crippen molar-refractivity contribution < 1.29 is 19.4 Å². The summed E-state index contributed by atoms with van der Waals surface area (Å²) in [5, 5.41) is 10.6. The molecule has 0 atom stereocenters. The molecule has 1 aromatic rings. The quantitative estimate of drug-likeness (QED) is 0.860. The Morgan fingerprint density at radius 1 is 1.20 bits per heavy atom. The number of carbonyl (C=O) groups is 1. The molecule has 0 spiro atoms. The number of benzene rings is 1. The molecule has 0 bridgehead atoms. The van der Waals surface area contributed by atoms with E-state index in [2.05, 4.69) is 6.92 Å². The van der Waals surface area contributed by atoms with E-state index in [-0.39, 0.29) is 5.78 Å². The Labute approximate surface area is 119 Å². The molecule has 0 heterocycles. The fraction of sp³-hybridized carbons (Fsp3) is 0.562. The normalized spacial score (nSPS) is 26.1. The van der Waals surface area contributed by atoms with E-state index in [0.29, 0.717) is 35.8 Å². The van der Waals surface area contributed by atoms with Crippen LogP contribution in [0.15, 0.2) is 18.2 Å². The van der Waals surface area contributed by atoms with Crippen molar-refractivity contribution in [2.24, 2.45) is 5.92 Å². The summed E-state index contributed by atoms with van der Waals surface area (Å²) in [6, 6.07) is 5.01. The molecule has 0 radical (unpaired) electrons. The molecule has 1 aliphatic rings. The van der Waals surface area contributed by atoms with E-state index < -0.39 is 5.60 Å². The van der Waals surface area contributed by atoms with Crippen molar-refractivity contribution in [1.82, 2.24) is 0 Å². The Bertz CT molecular complexity index is 487. The van der Waals surface area contributed by atoms with Crippen LogP contribution in [0.5, 0.6) is 11.5 Å². The van der Waals surface area contributed by atoms with Crippen LogP contribution in [0.2, 0.25) is 0 Å². The lowest BCUT2D eigenvalue weighted by molar-refractivity contribution is 0.00424. The van der Waals surface area contributed by atoms with Crippen molar-refractivity contribution in [3.05, 3.63) is 23.8 Å². The van der Waals surface area contributed by atoms with Crippen molar-refractivity contribution in [3.8, 4) is 11.5 Å². The Morgan fingerprint density at radius 2 is 1.80 bits per heavy atom. The minimum absolute atomic E-state index is 0.217. The predicted octanol–water partition coefficient (Wildman–Crippen LogP) is 2.83. The largest absolute Gasteiger partial charge is 0.493 e. The molecule has 4 nitrogen and oxygen atoms in total. The number of carbonyl (C=O) groups excluding carboxylic acids is 1. The number of hydrogen-bond acceptors (Lipinski definition) is 4. The number of methoxy groups -OCH3 is 2. The highest BCUT2D eigenvalue weighted by Crippen LogP contribution is 2.36. The summed E-state index contributed by atoms with van der Waals surface area (Å²) in [6.07, 6.45) is 2.83. The van der Waals surface area contributed by atoms with Gasteiger partial charge in [-0.15, -0.1) is 0 Å². The van der Waals surface area contributed by atoms with Gasteiger partial charge in [0.05, 0.1) is 14.2 Å². The molecule has 0 aliphatic heterocycles. The second-order valence-electron chi connectivity index (χ2n) is 5.61. The van der Waals surface area contributed by atoms with E-state index >= 15 is 0 Å². The average molecular weight is 278 g/mol. The summed E-state index contributed by atoms with van der Waals surface area (Å²) in [4.78, 5) is 12.5. The van der Waals surface area contributed by atoms with Crippen LogP contribution in [0.25, 0.3) is 0 Å². The van der Waals surface area contributed by atoms with Gasteiger partial charge in [-0.25, -0.2) is 0 Å². The van der Waals surface area contributed by atoms with Crippen molar-refractivity contribution in [1.29, 1.82) is 0 Å². The van der Waals surface area contributed by atoms with E-state index in [1.54, 1.807) is 25.3 Å². The minimum atomic E-state index is -1.23. The Balaban J connectivity index is 2.25. The average Bonchev–Trinajstić information content (AvgIpc) is 2.49. The highest BCUT2D eigenvalue weighted by Gasteiger charge is 2.39. The van der Waals surface area contributed by atoms with Gasteiger partial charge in [0.25, 0.3) is 0 Å². The van der Waals surface area contributed by atoms with Crippen LogP contribution >= 0.6 is 0 Å². The molecule has 1 fully saturated rings. The van der Waals surface area contributed by atoms with Gasteiger partial charge in [-0.05, 0) is 49.8 Å². The Morgan fingerprint density at radius 3 is 2.35 bits per heavy atom. The lowest BCUT2D eigenvalue weighted by atomic mass is 9.76. The van der Waals surface area contributed by atoms with Crippen LogP contribution in [0.4, 0.5) is 0 Å². The molecule has 2 rings (SSSR count). The van der Waals surface area contributed by atoms with Gasteiger partial charge < -0.3 is 14.6 Å². The second-order valence-corrected chi connectivity index (χ2v) is 5.61. The number of hydrogen-bond donors (Lipinski definition) is 1. The SMILES string of the molecule is COc1ccc(C(=O)C2(O)CCC(C)CC2)cc1OC. The molecule has 0 aromatic heterocycles. The molecule has 0 amide bonds. The second kappa shape index (κ2) is 5.83. The van der Waals surface area contributed by atoms with E-state index in [4.69, 9.17) is 9.47 Å². The fourth-order valence-corrected chi connectivity index (χ4v) is 2.71. The van der Waals surface area contributed by atoms with Gasteiger partial charge in [-0.1, -0.05) is 6.92 Å². The lowest BCUT2D eigenvalue weighted by Gasteiger charge is -2.33. The Hall–Kier alpha value is -1.55. The van der Waals surface area contributed by atoms with Crippen LogP contribution in [0.1, 0.15) is 43.0 Å². The van der Waals surface area contributed by atoms with Crippen LogP contribution in [-0.4, -0.2) is 30.7 Å². The van der Waals surface area contributed by atoms with Crippen molar-refractivity contribution >= 4 is 5.78 Å². The number of ketones is 1. The summed E-state index contributed by atoms with van der Waals surface area (Å²) in [7, 11) is 3.08. The van der Waals surface area contributed by atoms with E-state index in [9.17, 15) is 9.90 Å². The van der Waals surface area contributed by atoms with Gasteiger partial charge in [0.15, 0.2) is 17.3 Å². The van der Waals surface area contributed by atoms with E-state index in [1.807, 2.05) is 0 Å². The monoisotopic (exact) mass is 278 g/mol. The van der Waals surface area contributed by atoms with Crippen molar-refractivity contribution in [2.45, 2.75) is 38.2 Å². The summed E-state index contributed by atoms with van der Waals surface area (Å²) in [6.45, 7) is 2.15. The van der Waals surface area contributed by atoms with Crippen LogP contribution in [-0.2, 0) is 0 Å². The van der Waals surface area contributed by atoms with Gasteiger partial charge in [0.2, 0.25) is 0 Å². The number of aliphatic hydroxyl groups is 1. The van der Waals surface area contributed by atoms with Crippen LogP contribution < -0.4 is 9.47 Å². The summed E-state index contributed by atoms with van der Waals surface area (Å²) < 4.78 is 10.4. The first-order valence-corrected chi connectivity index (χ1v) is 6.99. The molecule has 0 unspecified atom stereocenters. The van der Waals surface area contributed by atoms with Gasteiger partial charge in [0.1, 0.15) is 5.60 Å². The lowest BCUT2D eigenvalue weighted by Crippen LogP contribution is -2.41. The first-order valence-electron chi connectivity index (χ1n) is 6.99. The standard InChI is InChI=1S/C16H22O4/c1-11-6-8-16(18,9-7-11)15(17)12-4-5-13(19-2)14(10-12)20-3/h4-5,10-11,18H,6-9H2,1-3H3. The first kappa shape index (κ1) is 14.9. The van der Waals surface area contributed by atoms with Gasteiger partial charge in [-0.2, -0.15) is 0 Å². The first-order chi connectivity index (χ1) is 9.50. The molecule has 4 heteroatoms. The van der Waals surface area contributed by atoms with Crippen LogP contribution in [0, 0.1) is 5.92 Å². The highest BCUT2D eigenvalue weighted by atomic mass is 16.5. The third kappa shape index (κ3) is 2.80. The summed E-state index contributed by atoms with van der Waals surface area (Å²) in [5.74, 6) is 1.44. The van der Waals surface area contributed by atoms with Gasteiger partial charge >= 0.3 is 0 Å². The molecule has 1 saturated carbocycles. The zero-order valence-corrected chi connectivity index (χ0v) is 12.3. The van der Waals surface area contributed by atoms with Crippen LogP contribution in [0.3, 0.4) is 0 Å². The molecule has 20 heavy (non-hydrogen) atoms.